The van der Waals surface area contributed by atoms with Crippen molar-refractivity contribution in [1.82, 2.24) is 0 Å². The number of aliphatic hydroxyl groups excluding tert-OH is 1. The van der Waals surface area contributed by atoms with E-state index in [-0.39, 0.29) is 40.8 Å². The van der Waals surface area contributed by atoms with E-state index in [1.54, 1.807) is 7.11 Å². The second kappa shape index (κ2) is 5.33. The predicted molar refractivity (Wildman–Crippen MR) is 94.1 cm³/mol. The van der Waals surface area contributed by atoms with Gasteiger partial charge in [-0.2, -0.15) is 0 Å². The number of ether oxygens (including phenoxy) is 3. The van der Waals surface area contributed by atoms with Crippen LogP contribution in [0.1, 0.15) is 52.9 Å². The van der Waals surface area contributed by atoms with Crippen LogP contribution in [-0.2, 0) is 23.8 Å². The van der Waals surface area contributed by atoms with Crippen LogP contribution in [0.5, 0.6) is 0 Å². The first-order valence-corrected chi connectivity index (χ1v) is 10.3. The van der Waals surface area contributed by atoms with Crippen molar-refractivity contribution < 1.29 is 28.9 Å². The number of rotatable bonds is 1. The molecule has 6 heteroatoms. The lowest BCUT2D eigenvalue weighted by Gasteiger charge is -2.62. The van der Waals surface area contributed by atoms with Crippen molar-refractivity contribution in [2.45, 2.75) is 71.6 Å². The van der Waals surface area contributed by atoms with Crippen molar-refractivity contribution >= 4 is 11.8 Å². The van der Waals surface area contributed by atoms with Crippen LogP contribution in [0.2, 0.25) is 0 Å². The smallest absolute Gasteiger partial charge is 0.320 e. The largest absolute Gasteiger partial charge is 0.461 e. The van der Waals surface area contributed by atoms with Crippen LogP contribution in [0.3, 0.4) is 0 Å². The summed E-state index contributed by atoms with van der Waals surface area (Å²) < 4.78 is 17.6. The van der Waals surface area contributed by atoms with Crippen LogP contribution < -0.4 is 0 Å². The van der Waals surface area contributed by atoms with Crippen LogP contribution in [0, 0.1) is 39.9 Å². The maximum Gasteiger partial charge on any atom is 0.320 e. The number of hydrogen-bond donors (Lipinski definition) is 1. The molecule has 3 aliphatic carbocycles. The van der Waals surface area contributed by atoms with Gasteiger partial charge in [0, 0.05) is 18.9 Å². The van der Waals surface area contributed by atoms with Crippen LogP contribution in [0.4, 0.5) is 0 Å². The maximum absolute atomic E-state index is 13.4. The molecule has 2 spiro atoms. The zero-order valence-electron chi connectivity index (χ0n) is 16.6. The summed E-state index contributed by atoms with van der Waals surface area (Å²) in [5.41, 5.74) is -2.04. The first-order chi connectivity index (χ1) is 12.7. The highest BCUT2D eigenvalue weighted by atomic mass is 16.7. The number of fused-ring (bicyclic) bond motifs is 1. The summed E-state index contributed by atoms with van der Waals surface area (Å²) in [5.74, 6) is -0.592. The van der Waals surface area contributed by atoms with E-state index in [1.807, 2.05) is 6.92 Å². The summed E-state index contributed by atoms with van der Waals surface area (Å²) in [5, 5.41) is 11.2. The average Bonchev–Trinajstić information content (AvgIpc) is 3.04. The molecule has 1 N–H and O–H groups in total. The van der Waals surface area contributed by atoms with Crippen molar-refractivity contribution in [3.63, 3.8) is 0 Å². The van der Waals surface area contributed by atoms with Crippen LogP contribution >= 0.6 is 0 Å². The summed E-state index contributed by atoms with van der Waals surface area (Å²) in [6.45, 7) is 6.30. The zero-order valence-corrected chi connectivity index (χ0v) is 16.6. The molecule has 0 aromatic carbocycles. The van der Waals surface area contributed by atoms with Gasteiger partial charge in [0.05, 0.1) is 5.41 Å². The van der Waals surface area contributed by atoms with Gasteiger partial charge >= 0.3 is 5.97 Å². The molecule has 5 fully saturated rings. The SMILES string of the molecule is CO[C@@H]1O[C@H](O)[C@@]23[C@H](CCC(C)(C)[C@@H]12)OC(=O)[C@@]12C[C@@H](CC[C@H]13)[C@@H](C)C2=O. The first kappa shape index (κ1) is 18.1. The summed E-state index contributed by atoms with van der Waals surface area (Å²) in [4.78, 5) is 26.6. The maximum atomic E-state index is 13.4. The fraction of sp³-hybridized carbons (Fsp3) is 0.905. The quantitative estimate of drug-likeness (QED) is 0.557. The van der Waals surface area contributed by atoms with Crippen LogP contribution in [0.15, 0.2) is 0 Å². The molecule has 27 heavy (non-hydrogen) atoms. The molecule has 5 rings (SSSR count). The van der Waals surface area contributed by atoms with Crippen molar-refractivity contribution in [1.29, 1.82) is 0 Å². The Morgan fingerprint density at radius 3 is 2.63 bits per heavy atom. The lowest BCUT2D eigenvalue weighted by Crippen LogP contribution is -2.70. The van der Waals surface area contributed by atoms with Gasteiger partial charge in [-0.25, -0.2) is 0 Å². The van der Waals surface area contributed by atoms with Crippen LogP contribution in [0.25, 0.3) is 0 Å². The van der Waals surface area contributed by atoms with E-state index >= 15 is 0 Å². The number of Topliss-reactive ketones (excluding diaryl/α,β-unsaturated/α-hetero) is 1. The minimum absolute atomic E-state index is 0.0167. The van der Waals surface area contributed by atoms with Gasteiger partial charge in [0.15, 0.2) is 18.4 Å². The Labute approximate surface area is 159 Å². The molecule has 0 amide bonds. The molecule has 5 aliphatic rings. The van der Waals surface area contributed by atoms with Crippen molar-refractivity contribution in [2.75, 3.05) is 7.11 Å². The Balaban J connectivity index is 1.73. The molecule has 0 aromatic rings. The third-order valence-corrected chi connectivity index (χ3v) is 8.97. The highest BCUT2D eigenvalue weighted by Gasteiger charge is 2.80. The van der Waals surface area contributed by atoms with Gasteiger partial charge in [-0.1, -0.05) is 20.8 Å². The lowest BCUT2D eigenvalue weighted by atomic mass is 9.43. The number of esters is 1. The van der Waals surface area contributed by atoms with Gasteiger partial charge in [-0.05, 0) is 49.4 Å². The first-order valence-electron chi connectivity index (χ1n) is 10.3. The summed E-state index contributed by atoms with van der Waals surface area (Å²) in [6.07, 6.45) is 1.71. The Morgan fingerprint density at radius 1 is 1.19 bits per heavy atom. The normalized spacial score (nSPS) is 55.5. The van der Waals surface area contributed by atoms with Gasteiger partial charge in [0.2, 0.25) is 0 Å². The number of hydrogen-bond acceptors (Lipinski definition) is 6. The third kappa shape index (κ3) is 1.83. The van der Waals surface area contributed by atoms with E-state index in [4.69, 9.17) is 14.2 Å². The highest BCUT2D eigenvalue weighted by molar-refractivity contribution is 6.07. The topological polar surface area (TPSA) is 82.1 Å². The molecule has 2 aliphatic heterocycles. The van der Waals surface area contributed by atoms with Crippen molar-refractivity contribution in [3.05, 3.63) is 0 Å². The Bertz CT molecular complexity index is 703. The van der Waals surface area contributed by atoms with Gasteiger partial charge < -0.3 is 19.3 Å². The molecule has 2 bridgehead atoms. The Hall–Kier alpha value is -0.980. The zero-order chi connectivity index (χ0) is 19.4. The van der Waals surface area contributed by atoms with Crippen LogP contribution in [-0.4, -0.2) is 42.7 Å². The van der Waals surface area contributed by atoms with Crippen molar-refractivity contribution in [2.24, 2.45) is 39.9 Å². The number of ketones is 1. The van der Waals surface area contributed by atoms with Crippen molar-refractivity contribution in [3.8, 4) is 0 Å². The number of carbonyl (C=O) groups excluding carboxylic acids is 2. The monoisotopic (exact) mass is 378 g/mol. The third-order valence-electron chi connectivity index (χ3n) is 8.97. The lowest BCUT2D eigenvalue weighted by molar-refractivity contribution is -0.268. The molecular formula is C21H30O6. The minimum atomic E-state index is -1.11. The number of carbonyl (C=O) groups is 2. The number of aliphatic hydroxyl groups is 1. The average molecular weight is 378 g/mol. The van der Waals surface area contributed by atoms with E-state index < -0.39 is 29.5 Å². The van der Waals surface area contributed by atoms with E-state index in [0.717, 1.165) is 19.3 Å². The van der Waals surface area contributed by atoms with Gasteiger partial charge in [-0.3, -0.25) is 9.59 Å². The second-order valence-electron chi connectivity index (χ2n) is 10.2. The molecule has 2 heterocycles. The predicted octanol–water partition coefficient (Wildman–Crippen LogP) is 2.28. The number of methoxy groups -OCH3 is 1. The van der Waals surface area contributed by atoms with Gasteiger partial charge in [-0.15, -0.1) is 0 Å². The summed E-state index contributed by atoms with van der Waals surface area (Å²) >= 11 is 0. The summed E-state index contributed by atoms with van der Waals surface area (Å²) in [7, 11) is 1.60. The minimum Gasteiger partial charge on any atom is -0.461 e. The van der Waals surface area contributed by atoms with E-state index in [0.29, 0.717) is 12.8 Å². The Morgan fingerprint density at radius 2 is 1.93 bits per heavy atom. The molecule has 150 valence electrons. The summed E-state index contributed by atoms with van der Waals surface area (Å²) in [6, 6.07) is 0. The van der Waals surface area contributed by atoms with Gasteiger partial charge in [0.25, 0.3) is 0 Å². The molecule has 6 nitrogen and oxygen atoms in total. The molecule has 0 aromatic heterocycles. The van der Waals surface area contributed by atoms with E-state index in [9.17, 15) is 14.7 Å². The molecule has 9 atom stereocenters. The molecule has 2 saturated heterocycles. The van der Waals surface area contributed by atoms with Gasteiger partial charge in [0.1, 0.15) is 11.5 Å². The second-order valence-corrected chi connectivity index (χ2v) is 10.2. The highest BCUT2D eigenvalue weighted by Crippen LogP contribution is 2.72. The van der Waals surface area contributed by atoms with E-state index in [2.05, 4.69) is 13.8 Å². The molecule has 0 radical (unpaired) electrons. The van der Waals surface area contributed by atoms with E-state index in [1.165, 1.54) is 0 Å². The Kier molecular flexibility index (Phi) is 3.57. The fourth-order valence-corrected chi connectivity index (χ4v) is 7.83. The standard InChI is InChI=1S/C21H30O6/c1-10-11-5-6-12-20(9-11,15(10)22)17(23)26-13-7-8-19(2,3)14-16(25-4)27-18(24)21(12,13)14/h10-14,16,18,24H,5-9H2,1-4H3/t10-,11-,12-,13+,14-,16-,18+,20+,21+/m1/s1. The molecule has 3 saturated carbocycles. The molecule has 0 unspecified atom stereocenters. The fourth-order valence-electron chi connectivity index (χ4n) is 7.83. The molecular weight excluding hydrogens is 348 g/mol.